The molecule has 3 N–H and O–H groups in total. The molecule has 3 aromatic carbocycles. The monoisotopic (exact) mass is 398 g/mol. The number of hydrogen-bond donors (Lipinski definition) is 3. The van der Waals surface area contributed by atoms with Gasteiger partial charge in [-0.05, 0) is 36.6 Å². The summed E-state index contributed by atoms with van der Waals surface area (Å²) in [4.78, 5) is 0.310. The minimum atomic E-state index is -3.42. The number of aryl methyl sites for hydroxylation is 1. The molecule has 0 aliphatic rings. The first-order chi connectivity index (χ1) is 13.5. The maximum absolute atomic E-state index is 10.8. The van der Waals surface area contributed by atoms with Crippen molar-refractivity contribution in [3.63, 3.8) is 0 Å². The predicted octanol–water partition coefficient (Wildman–Crippen LogP) is 5.42. The van der Waals surface area contributed by atoms with Gasteiger partial charge in [0.2, 0.25) is 0 Å². The summed E-state index contributed by atoms with van der Waals surface area (Å²) < 4.78 is 26.1. The smallest absolute Gasteiger partial charge is 0.115 e. The van der Waals surface area contributed by atoms with E-state index in [-0.39, 0.29) is 12.5 Å². The number of rotatable bonds is 8. The molecule has 3 rings (SSSR count). The average Bonchev–Trinajstić information content (AvgIpc) is 2.72. The molecule has 2 atom stereocenters. The zero-order valence-corrected chi connectivity index (χ0v) is 16.6. The fraction of sp³-hybridized carbons (Fsp3) is 0.217. The van der Waals surface area contributed by atoms with Gasteiger partial charge >= 0.3 is 0 Å². The van der Waals surface area contributed by atoms with Gasteiger partial charge in [0.15, 0.2) is 0 Å². The minimum absolute atomic E-state index is 0.178. The highest BCUT2D eigenvalue weighted by molar-refractivity contribution is 8.20. The molecule has 0 aliphatic carbocycles. The summed E-state index contributed by atoms with van der Waals surface area (Å²) in [5, 5.41) is 10.8. The van der Waals surface area contributed by atoms with E-state index in [9.17, 15) is 14.2 Å². The Morgan fingerprint density at radius 3 is 2.00 bits per heavy atom. The number of benzene rings is 3. The fourth-order valence-electron chi connectivity index (χ4n) is 3.11. The van der Waals surface area contributed by atoms with Gasteiger partial charge in [0.1, 0.15) is 10.9 Å². The molecule has 0 bridgehead atoms. The Kier molecular flexibility index (Phi) is 6.88. The highest BCUT2D eigenvalue weighted by Crippen LogP contribution is 2.49. The van der Waals surface area contributed by atoms with Gasteiger partial charge in [-0.25, -0.2) is 0 Å². The Bertz CT molecular complexity index is 851. The average molecular weight is 399 g/mol. The third kappa shape index (κ3) is 5.44. The van der Waals surface area contributed by atoms with E-state index in [1.54, 1.807) is 24.3 Å². The van der Waals surface area contributed by atoms with Crippen LogP contribution in [0.25, 0.3) is 0 Å². The Balaban J connectivity index is 1.73. The highest BCUT2D eigenvalue weighted by atomic mass is 32.3. The molecule has 148 valence electrons. The summed E-state index contributed by atoms with van der Waals surface area (Å²) in [5.41, 5.74) is 3.10. The van der Waals surface area contributed by atoms with Gasteiger partial charge in [0.25, 0.3) is 0 Å². The molecule has 5 heteroatoms. The molecule has 0 saturated heterocycles. The van der Waals surface area contributed by atoms with Gasteiger partial charge in [0.05, 0.1) is 17.6 Å². The van der Waals surface area contributed by atoms with Crippen molar-refractivity contribution < 1.29 is 18.4 Å². The number of hydrogen-bond acceptors (Lipinski definition) is 4. The van der Waals surface area contributed by atoms with Crippen molar-refractivity contribution in [3.8, 4) is 0 Å². The Labute approximate surface area is 168 Å². The third-order valence-electron chi connectivity index (χ3n) is 4.72. The van der Waals surface area contributed by atoms with Crippen LogP contribution in [0.5, 0.6) is 0 Å². The zero-order chi connectivity index (χ0) is 20.0. The van der Waals surface area contributed by atoms with Gasteiger partial charge in [-0.15, -0.1) is 0 Å². The lowest BCUT2D eigenvalue weighted by atomic mass is 9.88. The van der Waals surface area contributed by atoms with Crippen LogP contribution < -0.4 is 0 Å². The van der Waals surface area contributed by atoms with Crippen molar-refractivity contribution in [3.05, 3.63) is 102 Å². The zero-order valence-electron chi connectivity index (χ0n) is 15.8. The van der Waals surface area contributed by atoms with Crippen molar-refractivity contribution in [2.24, 2.45) is 0 Å². The van der Waals surface area contributed by atoms with E-state index in [2.05, 4.69) is 0 Å². The summed E-state index contributed by atoms with van der Waals surface area (Å²) in [6.45, 7) is 1.75. The first-order valence-corrected chi connectivity index (χ1v) is 10.7. The van der Waals surface area contributed by atoms with E-state index in [0.717, 1.165) is 16.7 Å². The summed E-state index contributed by atoms with van der Waals surface area (Å²) >= 11 is 0. The van der Waals surface area contributed by atoms with Crippen LogP contribution in [0.1, 0.15) is 22.6 Å². The van der Waals surface area contributed by atoms with Gasteiger partial charge in [-0.2, -0.15) is 0 Å². The molecule has 0 amide bonds. The van der Waals surface area contributed by atoms with Gasteiger partial charge in [-0.1, -0.05) is 78.4 Å². The van der Waals surface area contributed by atoms with Crippen molar-refractivity contribution in [1.82, 2.24) is 0 Å². The Hall–Kier alpha value is -2.15. The van der Waals surface area contributed by atoms with Crippen molar-refractivity contribution in [2.75, 3.05) is 6.61 Å². The molecule has 0 heterocycles. The molecule has 0 spiro atoms. The van der Waals surface area contributed by atoms with Crippen LogP contribution in [0.2, 0.25) is 0 Å². The lowest BCUT2D eigenvalue weighted by Crippen LogP contribution is -2.26. The normalized spacial score (nSPS) is 14.4. The second-order valence-electron chi connectivity index (χ2n) is 6.87. The van der Waals surface area contributed by atoms with E-state index < -0.39 is 17.0 Å². The highest BCUT2D eigenvalue weighted by Gasteiger charge is 2.27. The van der Waals surface area contributed by atoms with E-state index >= 15 is 0 Å². The van der Waals surface area contributed by atoms with Crippen molar-refractivity contribution in [2.45, 2.75) is 30.3 Å². The largest absolute Gasteiger partial charge is 0.390 e. The molecular weight excluding hydrogens is 372 g/mol. The molecule has 0 radical (unpaired) electrons. The van der Waals surface area contributed by atoms with Crippen LogP contribution in [0.4, 0.5) is 0 Å². The summed E-state index contributed by atoms with van der Waals surface area (Å²) in [5.74, 6) is -0.225. The lowest BCUT2D eigenvalue weighted by molar-refractivity contribution is 0.0787. The molecular formula is C23H26O4S. The third-order valence-corrected chi connectivity index (χ3v) is 6.07. The van der Waals surface area contributed by atoms with E-state index in [1.807, 2.05) is 67.6 Å². The van der Waals surface area contributed by atoms with Gasteiger partial charge in [-0.3, -0.25) is 4.18 Å². The van der Waals surface area contributed by atoms with E-state index in [1.165, 1.54) is 0 Å². The van der Waals surface area contributed by atoms with E-state index in [0.29, 0.717) is 11.3 Å². The molecule has 0 aromatic heterocycles. The van der Waals surface area contributed by atoms with Crippen molar-refractivity contribution >= 4 is 10.9 Å². The Morgan fingerprint density at radius 2 is 1.39 bits per heavy atom. The van der Waals surface area contributed by atoms with Crippen LogP contribution in [0.3, 0.4) is 0 Å². The Morgan fingerprint density at radius 1 is 0.821 bits per heavy atom. The van der Waals surface area contributed by atoms with Gasteiger partial charge in [0, 0.05) is 5.92 Å². The topological polar surface area (TPSA) is 69.9 Å². The maximum Gasteiger partial charge on any atom is 0.115 e. The molecule has 4 nitrogen and oxygen atoms in total. The SMILES string of the molecule is Cc1ccc(S(O)(O)OCC(O)C(Cc2ccccc2)c2ccccc2)cc1. The summed E-state index contributed by atoms with van der Waals surface area (Å²) in [6.07, 6.45) is -0.265. The molecule has 3 aromatic rings. The minimum Gasteiger partial charge on any atom is -0.390 e. The maximum atomic E-state index is 10.8. The van der Waals surface area contributed by atoms with Crippen LogP contribution in [0, 0.1) is 6.92 Å². The number of aliphatic hydroxyl groups excluding tert-OH is 1. The van der Waals surface area contributed by atoms with Crippen LogP contribution >= 0.6 is 10.9 Å². The predicted molar refractivity (Wildman–Crippen MR) is 114 cm³/mol. The van der Waals surface area contributed by atoms with Crippen LogP contribution in [0.15, 0.2) is 89.8 Å². The molecule has 28 heavy (non-hydrogen) atoms. The fourth-order valence-corrected chi connectivity index (χ4v) is 4.06. The van der Waals surface area contributed by atoms with Crippen molar-refractivity contribution in [1.29, 1.82) is 0 Å². The quantitative estimate of drug-likeness (QED) is 0.474. The summed E-state index contributed by atoms with van der Waals surface area (Å²) in [7, 11) is -3.42. The second kappa shape index (κ2) is 9.37. The number of aliphatic hydroxyl groups is 1. The molecule has 0 fully saturated rings. The lowest BCUT2D eigenvalue weighted by Gasteiger charge is -2.30. The van der Waals surface area contributed by atoms with Crippen LogP contribution in [-0.4, -0.2) is 26.9 Å². The second-order valence-corrected chi connectivity index (χ2v) is 8.57. The molecule has 2 unspecified atom stereocenters. The van der Waals surface area contributed by atoms with Crippen LogP contribution in [-0.2, 0) is 10.6 Å². The first-order valence-electron chi connectivity index (χ1n) is 9.22. The standard InChI is InChI=1S/C23H26O4S/c1-18-12-14-21(15-13-18)28(25,26)27-17-23(24)22(20-10-6-3-7-11-20)16-19-8-4-2-5-9-19/h2-15,22-26H,16-17H2,1H3. The van der Waals surface area contributed by atoms with E-state index in [4.69, 9.17) is 4.18 Å². The molecule has 0 saturated carbocycles. The molecule has 0 aliphatic heterocycles. The van der Waals surface area contributed by atoms with Gasteiger partial charge < -0.3 is 14.2 Å². The first kappa shape index (κ1) is 20.6. The summed E-state index contributed by atoms with van der Waals surface area (Å²) in [6, 6.07) is 26.5.